The van der Waals surface area contributed by atoms with Crippen LogP contribution in [0.15, 0.2) is 52.1 Å². The summed E-state index contributed by atoms with van der Waals surface area (Å²) < 4.78 is 65.0. The number of halogens is 5. The second kappa shape index (κ2) is 10.4. The highest BCUT2D eigenvalue weighted by Crippen LogP contribution is 2.33. The van der Waals surface area contributed by atoms with Gasteiger partial charge in [-0.1, -0.05) is 23.7 Å². The summed E-state index contributed by atoms with van der Waals surface area (Å²) in [6, 6.07) is 8.89. The van der Waals surface area contributed by atoms with E-state index in [-0.39, 0.29) is 37.3 Å². The molecule has 0 aliphatic heterocycles. The molecule has 0 aliphatic rings. The van der Waals surface area contributed by atoms with Crippen molar-refractivity contribution in [3.8, 4) is 23.3 Å². The molecule has 3 rings (SSSR count). The Bertz CT molecular complexity index is 1510. The van der Waals surface area contributed by atoms with Crippen LogP contribution in [0.1, 0.15) is 24.3 Å². The van der Waals surface area contributed by atoms with Crippen LogP contribution >= 0.6 is 11.6 Å². The van der Waals surface area contributed by atoms with Gasteiger partial charge in [0, 0.05) is 24.7 Å². The molecule has 0 N–H and O–H groups in total. The highest BCUT2D eigenvalue weighted by molar-refractivity contribution is 6.32. The molecule has 0 spiro atoms. The molecule has 3 aromatic rings. The third kappa shape index (κ3) is 5.75. The highest BCUT2D eigenvalue weighted by atomic mass is 35.5. The Balaban J connectivity index is 2.00. The molecule has 14 heteroatoms. The number of carboxylic acids is 1. The second-order valence-electron chi connectivity index (χ2n) is 7.55. The molecule has 1 aromatic heterocycles. The first-order chi connectivity index (χ1) is 17.2. The van der Waals surface area contributed by atoms with Gasteiger partial charge in [-0.2, -0.15) is 18.4 Å². The molecule has 0 radical (unpaired) electrons. The van der Waals surface area contributed by atoms with Crippen LogP contribution in [-0.2, 0) is 18.0 Å². The number of hydrogen-bond acceptors (Lipinski definition) is 7. The Labute approximate surface area is 210 Å². The van der Waals surface area contributed by atoms with Gasteiger partial charge in [-0.05, 0) is 25.1 Å². The lowest BCUT2D eigenvalue weighted by Crippen LogP contribution is -2.41. The number of alkyl halides is 3. The Hall–Kier alpha value is -4.31. The van der Waals surface area contributed by atoms with Crippen LogP contribution in [-0.4, -0.2) is 21.2 Å². The molecule has 1 heterocycles. The second-order valence-corrected chi connectivity index (χ2v) is 7.96. The standard InChI is InChI=1S/C23H16ClF4N3O6/c1-11(21(33)34)36-13-5-3-12(4-6-13)18(10-29)37-17-8-16(15(25)7-14(17)24)31-20(32)9-19(23(26,27)28)30(2)22(31)35/h3-9,11,18H,1-2H3,(H,33,34)/p-1. The summed E-state index contributed by atoms with van der Waals surface area (Å²) in [5.41, 5.74) is -4.99. The number of benzene rings is 2. The quantitative estimate of drug-likeness (QED) is 0.421. The lowest BCUT2D eigenvalue weighted by Gasteiger charge is -2.18. The van der Waals surface area contributed by atoms with Crippen LogP contribution in [0.5, 0.6) is 11.5 Å². The van der Waals surface area contributed by atoms with E-state index in [1.807, 2.05) is 6.07 Å². The molecular weight excluding hydrogens is 526 g/mol. The minimum absolute atomic E-state index is 0.138. The average molecular weight is 541 g/mol. The number of carbonyl (C=O) groups excluding carboxylic acids is 1. The van der Waals surface area contributed by atoms with Crippen molar-refractivity contribution in [2.45, 2.75) is 25.3 Å². The lowest BCUT2D eigenvalue weighted by atomic mass is 10.1. The van der Waals surface area contributed by atoms with E-state index < -0.39 is 52.8 Å². The van der Waals surface area contributed by atoms with Gasteiger partial charge in [-0.3, -0.25) is 9.36 Å². The van der Waals surface area contributed by atoms with Crippen molar-refractivity contribution >= 4 is 17.6 Å². The summed E-state index contributed by atoms with van der Waals surface area (Å²) in [6.07, 6.45) is -7.62. The topological polar surface area (TPSA) is 126 Å². The minimum Gasteiger partial charge on any atom is -0.546 e. The summed E-state index contributed by atoms with van der Waals surface area (Å²) in [6.45, 7) is 1.26. The molecule has 0 aliphatic carbocycles. The fourth-order valence-corrected chi connectivity index (χ4v) is 3.36. The number of carbonyl (C=O) groups is 1. The third-order valence-corrected chi connectivity index (χ3v) is 5.34. The largest absolute Gasteiger partial charge is 0.546 e. The van der Waals surface area contributed by atoms with Crippen LogP contribution in [0.3, 0.4) is 0 Å². The minimum atomic E-state index is -5.01. The van der Waals surface area contributed by atoms with Gasteiger partial charge < -0.3 is 19.4 Å². The number of hydrogen-bond donors (Lipinski definition) is 0. The van der Waals surface area contributed by atoms with Crippen LogP contribution in [0.25, 0.3) is 5.69 Å². The van der Waals surface area contributed by atoms with Gasteiger partial charge in [0.15, 0.2) is 0 Å². The maximum Gasteiger partial charge on any atom is 0.431 e. The van der Waals surface area contributed by atoms with E-state index in [0.29, 0.717) is 6.07 Å². The van der Waals surface area contributed by atoms with Crippen LogP contribution < -0.4 is 25.8 Å². The molecule has 2 atom stereocenters. The zero-order valence-electron chi connectivity index (χ0n) is 18.9. The van der Waals surface area contributed by atoms with Gasteiger partial charge in [0.25, 0.3) is 5.56 Å². The monoisotopic (exact) mass is 540 g/mol. The van der Waals surface area contributed by atoms with Gasteiger partial charge in [0.05, 0.1) is 16.7 Å². The van der Waals surface area contributed by atoms with Crippen molar-refractivity contribution in [3.63, 3.8) is 0 Å². The van der Waals surface area contributed by atoms with E-state index in [1.165, 1.54) is 31.2 Å². The van der Waals surface area contributed by atoms with Crippen molar-refractivity contribution in [1.29, 1.82) is 5.26 Å². The Morgan fingerprint density at radius 3 is 2.30 bits per heavy atom. The van der Waals surface area contributed by atoms with E-state index in [4.69, 9.17) is 21.1 Å². The first-order valence-electron chi connectivity index (χ1n) is 10.2. The van der Waals surface area contributed by atoms with Crippen molar-refractivity contribution < 1.29 is 36.9 Å². The summed E-state index contributed by atoms with van der Waals surface area (Å²) in [7, 11) is 0.763. The van der Waals surface area contributed by atoms with E-state index in [0.717, 1.165) is 13.1 Å². The number of nitrogens with zero attached hydrogens (tertiary/aromatic N) is 3. The van der Waals surface area contributed by atoms with E-state index >= 15 is 0 Å². The predicted molar refractivity (Wildman–Crippen MR) is 118 cm³/mol. The molecule has 2 unspecified atom stereocenters. The predicted octanol–water partition coefficient (Wildman–Crippen LogP) is 2.51. The first-order valence-corrected chi connectivity index (χ1v) is 10.6. The van der Waals surface area contributed by atoms with Crippen LogP contribution in [0, 0.1) is 17.1 Å². The molecule has 0 fully saturated rings. The van der Waals surface area contributed by atoms with Gasteiger partial charge in [-0.15, -0.1) is 0 Å². The number of carboxylic acid groups (broad SMARTS) is 1. The summed E-state index contributed by atoms with van der Waals surface area (Å²) in [4.78, 5) is 35.7. The van der Waals surface area contributed by atoms with Crippen LogP contribution in [0.2, 0.25) is 5.02 Å². The summed E-state index contributed by atoms with van der Waals surface area (Å²) in [5.74, 6) is -2.86. The molecule has 0 bridgehead atoms. The van der Waals surface area contributed by atoms with Crippen molar-refractivity contribution in [1.82, 2.24) is 9.13 Å². The lowest BCUT2D eigenvalue weighted by molar-refractivity contribution is -0.312. The number of aromatic nitrogens is 2. The van der Waals surface area contributed by atoms with Gasteiger partial charge in [0.2, 0.25) is 6.10 Å². The molecule has 0 saturated heterocycles. The number of ether oxygens (including phenoxy) is 2. The van der Waals surface area contributed by atoms with Gasteiger partial charge >= 0.3 is 11.9 Å². The fraction of sp³-hybridized carbons (Fsp3) is 0.217. The SMILES string of the molecule is CC(Oc1ccc(C(C#N)Oc2cc(-n3c(=O)cc(C(F)(F)F)n(C)c3=O)c(F)cc2Cl)cc1)C(=O)[O-]. The van der Waals surface area contributed by atoms with Crippen LogP contribution in [0.4, 0.5) is 17.6 Å². The Morgan fingerprint density at radius 2 is 1.76 bits per heavy atom. The molecule has 194 valence electrons. The van der Waals surface area contributed by atoms with Crippen molar-refractivity contribution in [2.75, 3.05) is 0 Å². The molecular formula is C23H15ClF4N3O6-. The maximum atomic E-state index is 14.7. The zero-order chi connectivity index (χ0) is 27.7. The zero-order valence-corrected chi connectivity index (χ0v) is 19.6. The highest BCUT2D eigenvalue weighted by Gasteiger charge is 2.35. The van der Waals surface area contributed by atoms with Crippen molar-refractivity contribution in [2.24, 2.45) is 7.05 Å². The fourth-order valence-electron chi connectivity index (χ4n) is 3.17. The molecule has 9 nitrogen and oxygen atoms in total. The Kier molecular flexibility index (Phi) is 7.63. The third-order valence-electron chi connectivity index (χ3n) is 5.04. The van der Waals surface area contributed by atoms with E-state index in [2.05, 4.69) is 0 Å². The van der Waals surface area contributed by atoms with E-state index in [9.17, 15) is 42.3 Å². The number of aliphatic carboxylic acids is 1. The maximum absolute atomic E-state index is 14.7. The van der Waals surface area contributed by atoms with Gasteiger partial charge in [-0.25, -0.2) is 13.8 Å². The molecule has 2 aromatic carbocycles. The number of nitriles is 1. The molecule has 37 heavy (non-hydrogen) atoms. The normalized spacial score (nSPS) is 12.9. The first kappa shape index (κ1) is 27.3. The summed E-state index contributed by atoms with van der Waals surface area (Å²) in [5, 5.41) is 20.0. The molecule has 0 saturated carbocycles. The Morgan fingerprint density at radius 1 is 1.14 bits per heavy atom. The summed E-state index contributed by atoms with van der Waals surface area (Å²) >= 11 is 6.01. The number of rotatable bonds is 7. The smallest absolute Gasteiger partial charge is 0.431 e. The average Bonchev–Trinajstić information content (AvgIpc) is 2.82. The molecule has 0 amide bonds. The van der Waals surface area contributed by atoms with Gasteiger partial charge in [0.1, 0.15) is 35.2 Å². The van der Waals surface area contributed by atoms with E-state index in [1.54, 1.807) is 0 Å². The van der Waals surface area contributed by atoms with Crippen molar-refractivity contribution in [3.05, 3.63) is 85.4 Å².